The average Bonchev–Trinajstić information content (AvgIpc) is 2.25. The highest BCUT2D eigenvalue weighted by Crippen LogP contribution is 2.30. The van der Waals surface area contributed by atoms with Crippen LogP contribution in [0, 0.1) is 5.92 Å². The van der Waals surface area contributed by atoms with Crippen LogP contribution in [0.4, 0.5) is 0 Å². The van der Waals surface area contributed by atoms with E-state index in [1.54, 1.807) is 18.3 Å². The molecule has 100 valence electrons. The van der Waals surface area contributed by atoms with E-state index in [9.17, 15) is 8.42 Å². The summed E-state index contributed by atoms with van der Waals surface area (Å²) in [4.78, 5) is 4.20. The summed E-state index contributed by atoms with van der Waals surface area (Å²) in [6, 6.07) is 3.13. The predicted octanol–water partition coefficient (Wildman–Crippen LogP) is 1.01. The zero-order valence-corrected chi connectivity index (χ0v) is 11.3. The van der Waals surface area contributed by atoms with E-state index in [-0.39, 0.29) is 17.5 Å². The van der Waals surface area contributed by atoms with Crippen LogP contribution >= 0.6 is 0 Å². The van der Waals surface area contributed by atoms with Crippen molar-refractivity contribution in [3.05, 3.63) is 24.0 Å². The highest BCUT2D eigenvalue weighted by Gasteiger charge is 2.28. The van der Waals surface area contributed by atoms with Gasteiger partial charge in [-0.05, 0) is 37.8 Å². The molecular weight excluding hydrogens is 250 g/mol. The van der Waals surface area contributed by atoms with Crippen molar-refractivity contribution < 1.29 is 8.42 Å². The van der Waals surface area contributed by atoms with E-state index >= 15 is 0 Å². The van der Waals surface area contributed by atoms with Crippen molar-refractivity contribution in [2.45, 2.75) is 43.7 Å². The molecule has 1 atom stereocenters. The molecule has 1 aliphatic carbocycles. The highest BCUT2D eigenvalue weighted by atomic mass is 32.2. The van der Waals surface area contributed by atoms with Gasteiger partial charge >= 0.3 is 0 Å². The lowest BCUT2D eigenvalue weighted by molar-refractivity contribution is 0.260. The van der Waals surface area contributed by atoms with Crippen LogP contribution in [0.15, 0.2) is 23.2 Å². The summed E-state index contributed by atoms with van der Waals surface area (Å²) in [6.45, 7) is 2.04. The minimum atomic E-state index is -3.52. The first-order valence-corrected chi connectivity index (χ1v) is 7.69. The normalized spacial score (nSPS) is 18.3. The highest BCUT2D eigenvalue weighted by molar-refractivity contribution is 7.89. The standard InChI is InChI=1S/C12H19N3O2S/c1-9(10-4-2-5-10)15-18(16,17)12-6-3-7-14-11(12)8-13/h3,6-7,9-10,15H,2,4-5,8,13H2,1H3. The van der Waals surface area contributed by atoms with Gasteiger partial charge in [0.2, 0.25) is 10.0 Å². The Morgan fingerprint density at radius 3 is 2.83 bits per heavy atom. The summed E-state index contributed by atoms with van der Waals surface area (Å²) in [5.74, 6) is 0.456. The first-order valence-electron chi connectivity index (χ1n) is 6.21. The molecule has 1 unspecified atom stereocenters. The molecule has 5 nitrogen and oxygen atoms in total. The van der Waals surface area contributed by atoms with Crippen LogP contribution in [0.25, 0.3) is 0 Å². The molecule has 1 saturated carbocycles. The van der Waals surface area contributed by atoms with Gasteiger partial charge in [0, 0.05) is 18.8 Å². The van der Waals surface area contributed by atoms with Gasteiger partial charge in [-0.15, -0.1) is 0 Å². The quantitative estimate of drug-likeness (QED) is 0.835. The fourth-order valence-corrected chi connectivity index (χ4v) is 3.68. The summed E-state index contributed by atoms with van der Waals surface area (Å²) in [5, 5.41) is 0. The van der Waals surface area contributed by atoms with E-state index in [0.29, 0.717) is 11.6 Å². The number of aromatic nitrogens is 1. The van der Waals surface area contributed by atoms with Crippen molar-refractivity contribution in [1.29, 1.82) is 0 Å². The first kappa shape index (κ1) is 13.5. The molecule has 0 amide bonds. The molecule has 1 aromatic rings. The number of nitrogens with one attached hydrogen (secondary N) is 1. The Morgan fingerprint density at radius 2 is 2.28 bits per heavy atom. The second kappa shape index (κ2) is 5.34. The first-order chi connectivity index (χ1) is 8.54. The van der Waals surface area contributed by atoms with Gasteiger partial charge in [0.1, 0.15) is 4.90 Å². The van der Waals surface area contributed by atoms with Crippen LogP contribution in [0.2, 0.25) is 0 Å². The third-order valence-corrected chi connectivity index (χ3v) is 5.16. The van der Waals surface area contributed by atoms with Crippen molar-refractivity contribution in [2.75, 3.05) is 0 Å². The number of pyridine rings is 1. The van der Waals surface area contributed by atoms with E-state index in [1.165, 1.54) is 6.42 Å². The number of nitrogens with two attached hydrogens (primary N) is 1. The summed E-state index contributed by atoms with van der Waals surface area (Å²) >= 11 is 0. The maximum absolute atomic E-state index is 12.3. The Kier molecular flexibility index (Phi) is 3.99. The van der Waals surface area contributed by atoms with E-state index in [4.69, 9.17) is 5.73 Å². The molecule has 0 saturated heterocycles. The monoisotopic (exact) mass is 269 g/mol. The van der Waals surface area contributed by atoms with Gasteiger partial charge < -0.3 is 5.73 Å². The minimum absolute atomic E-state index is 0.0328. The van der Waals surface area contributed by atoms with Gasteiger partial charge in [-0.3, -0.25) is 4.98 Å². The molecule has 1 aliphatic rings. The maximum Gasteiger partial charge on any atom is 0.242 e. The number of hydrogen-bond acceptors (Lipinski definition) is 4. The van der Waals surface area contributed by atoms with Gasteiger partial charge in [0.05, 0.1) is 5.69 Å². The Labute approximate surface area is 108 Å². The summed E-state index contributed by atoms with van der Waals surface area (Å²) in [7, 11) is -3.52. The number of hydrogen-bond donors (Lipinski definition) is 2. The lowest BCUT2D eigenvalue weighted by Crippen LogP contribution is -2.41. The van der Waals surface area contributed by atoms with Gasteiger partial charge in [-0.1, -0.05) is 6.42 Å². The second-order valence-corrected chi connectivity index (χ2v) is 6.44. The predicted molar refractivity (Wildman–Crippen MR) is 69.3 cm³/mol. The Hall–Kier alpha value is -0.980. The van der Waals surface area contributed by atoms with Gasteiger partial charge in [0.25, 0.3) is 0 Å². The summed E-state index contributed by atoms with van der Waals surface area (Å²) < 4.78 is 27.2. The van der Waals surface area contributed by atoms with Gasteiger partial charge in [-0.25, -0.2) is 13.1 Å². The molecule has 1 fully saturated rings. The molecule has 0 spiro atoms. The minimum Gasteiger partial charge on any atom is -0.325 e. The lowest BCUT2D eigenvalue weighted by Gasteiger charge is -2.31. The van der Waals surface area contributed by atoms with Crippen LogP contribution in [-0.4, -0.2) is 19.4 Å². The van der Waals surface area contributed by atoms with Crippen molar-refractivity contribution in [3.63, 3.8) is 0 Å². The third-order valence-electron chi connectivity index (χ3n) is 3.53. The maximum atomic E-state index is 12.3. The molecule has 2 rings (SSSR count). The third kappa shape index (κ3) is 2.71. The molecule has 1 heterocycles. The number of sulfonamides is 1. The molecule has 6 heteroatoms. The van der Waals surface area contributed by atoms with E-state index < -0.39 is 10.0 Å². The van der Waals surface area contributed by atoms with Crippen molar-refractivity contribution >= 4 is 10.0 Å². The van der Waals surface area contributed by atoms with E-state index in [2.05, 4.69) is 9.71 Å². The molecule has 0 aromatic carbocycles. The molecule has 1 aromatic heterocycles. The number of rotatable bonds is 5. The Morgan fingerprint density at radius 1 is 1.56 bits per heavy atom. The molecule has 18 heavy (non-hydrogen) atoms. The topological polar surface area (TPSA) is 85.1 Å². The van der Waals surface area contributed by atoms with Crippen molar-refractivity contribution in [3.8, 4) is 0 Å². The molecule has 0 radical (unpaired) electrons. The van der Waals surface area contributed by atoms with Crippen LogP contribution in [0.3, 0.4) is 0 Å². The SMILES string of the molecule is CC(NS(=O)(=O)c1cccnc1CN)C1CCC1. The lowest BCUT2D eigenvalue weighted by atomic mass is 9.81. The van der Waals surface area contributed by atoms with Crippen LogP contribution in [-0.2, 0) is 16.6 Å². The van der Waals surface area contributed by atoms with Crippen molar-refractivity contribution in [1.82, 2.24) is 9.71 Å². The summed E-state index contributed by atoms with van der Waals surface area (Å²) in [6.07, 6.45) is 4.94. The number of nitrogens with zero attached hydrogens (tertiary/aromatic N) is 1. The molecule has 3 N–H and O–H groups in total. The zero-order chi connectivity index (χ0) is 13.2. The van der Waals surface area contributed by atoms with Crippen LogP contribution < -0.4 is 10.5 Å². The molecule has 0 bridgehead atoms. The average molecular weight is 269 g/mol. The van der Waals surface area contributed by atoms with Crippen LogP contribution in [0.1, 0.15) is 31.9 Å². The molecule has 0 aliphatic heterocycles. The molecular formula is C12H19N3O2S. The van der Waals surface area contributed by atoms with Gasteiger partial charge in [0.15, 0.2) is 0 Å². The fraction of sp³-hybridized carbons (Fsp3) is 0.583. The Bertz CT molecular complexity index is 512. The zero-order valence-electron chi connectivity index (χ0n) is 10.5. The van der Waals surface area contributed by atoms with Crippen molar-refractivity contribution in [2.24, 2.45) is 11.7 Å². The second-order valence-electron chi connectivity index (χ2n) is 4.75. The van der Waals surface area contributed by atoms with E-state index in [1.807, 2.05) is 6.92 Å². The van der Waals surface area contributed by atoms with Crippen LogP contribution in [0.5, 0.6) is 0 Å². The Balaban J connectivity index is 2.19. The smallest absolute Gasteiger partial charge is 0.242 e. The summed E-state index contributed by atoms with van der Waals surface area (Å²) in [5.41, 5.74) is 5.93. The largest absolute Gasteiger partial charge is 0.325 e. The fourth-order valence-electron chi connectivity index (χ4n) is 2.17. The van der Waals surface area contributed by atoms with Gasteiger partial charge in [-0.2, -0.15) is 0 Å². The van der Waals surface area contributed by atoms with E-state index in [0.717, 1.165) is 12.8 Å².